The number of anilines is 1. The number of hydrogen-bond donors (Lipinski definition) is 1. The number of nitrogens with two attached hydrogens (primary N) is 1. The van der Waals surface area contributed by atoms with Crippen LogP contribution in [0.3, 0.4) is 0 Å². The minimum absolute atomic E-state index is 0.344. The maximum atomic E-state index is 12.9. The highest BCUT2D eigenvalue weighted by molar-refractivity contribution is 5.55. The van der Waals surface area contributed by atoms with Gasteiger partial charge in [0.15, 0.2) is 5.75 Å². The van der Waals surface area contributed by atoms with Crippen LogP contribution in [0.15, 0.2) is 12.1 Å². The normalized spacial score (nSPS) is 11.9. The average Bonchev–Trinajstić information content (AvgIpc) is 2.10. The van der Waals surface area contributed by atoms with E-state index >= 15 is 0 Å². The molecule has 16 heavy (non-hydrogen) atoms. The van der Waals surface area contributed by atoms with Crippen molar-refractivity contribution < 1.29 is 31.1 Å². The zero-order valence-electron chi connectivity index (χ0n) is 7.49. The van der Waals surface area contributed by atoms with Gasteiger partial charge in [0.05, 0.1) is 0 Å². The van der Waals surface area contributed by atoms with Crippen LogP contribution >= 0.6 is 0 Å². The Morgan fingerprint density at radius 1 is 1.19 bits per heavy atom. The summed E-state index contributed by atoms with van der Waals surface area (Å²) in [5, 5.41) is 0. The summed E-state index contributed by atoms with van der Waals surface area (Å²) >= 11 is 0. The molecule has 1 rings (SSSR count). The molecule has 0 aliphatic heterocycles. The molecule has 0 amide bonds. The molecule has 0 fully saturated rings. The van der Waals surface area contributed by atoms with Crippen molar-refractivity contribution in [3.8, 4) is 5.75 Å². The number of nitrogen functional groups attached to an aromatic ring is 1. The van der Waals surface area contributed by atoms with Crippen molar-refractivity contribution in [3.05, 3.63) is 23.5 Å². The molecule has 1 aromatic rings. The minimum Gasteiger partial charge on any atom is -0.403 e. The predicted molar refractivity (Wildman–Crippen MR) is 42.5 cm³/mol. The van der Waals surface area contributed by atoms with Gasteiger partial charge in [-0.05, 0) is 12.1 Å². The van der Waals surface area contributed by atoms with Crippen LogP contribution in [0.2, 0.25) is 0 Å². The Morgan fingerprint density at radius 2 is 1.75 bits per heavy atom. The summed E-state index contributed by atoms with van der Waals surface area (Å²) in [6.45, 7) is 0. The Labute approximate surface area is 85.6 Å². The first kappa shape index (κ1) is 12.5. The fourth-order valence-corrected chi connectivity index (χ4v) is 0.948. The summed E-state index contributed by atoms with van der Waals surface area (Å²) in [6, 6.07) is 0.694. The van der Waals surface area contributed by atoms with Gasteiger partial charge in [-0.2, -0.15) is 0 Å². The van der Waals surface area contributed by atoms with Gasteiger partial charge in [0.1, 0.15) is 11.5 Å². The summed E-state index contributed by atoms with van der Waals surface area (Å²) < 4.78 is 75.9. The van der Waals surface area contributed by atoms with Gasteiger partial charge >= 0.3 is 6.36 Å². The Hall–Kier alpha value is -1.60. The number of alkyl halides is 5. The van der Waals surface area contributed by atoms with Crippen molar-refractivity contribution in [1.29, 1.82) is 0 Å². The molecule has 0 aliphatic carbocycles. The highest BCUT2D eigenvalue weighted by atomic mass is 19.4. The van der Waals surface area contributed by atoms with E-state index < -0.39 is 35.6 Å². The maximum Gasteiger partial charge on any atom is 0.573 e. The van der Waals surface area contributed by atoms with Crippen LogP contribution < -0.4 is 10.5 Å². The molecule has 1 aromatic carbocycles. The number of ether oxygens (including phenoxy) is 1. The van der Waals surface area contributed by atoms with E-state index in [4.69, 9.17) is 5.73 Å². The summed E-state index contributed by atoms with van der Waals surface area (Å²) in [5.41, 5.74) is 3.00. The van der Waals surface area contributed by atoms with Crippen LogP contribution in [0.4, 0.5) is 32.0 Å². The van der Waals surface area contributed by atoms with E-state index in [0.29, 0.717) is 12.1 Å². The molecule has 0 bridgehead atoms. The number of hydrogen-bond acceptors (Lipinski definition) is 2. The van der Waals surface area contributed by atoms with Crippen molar-refractivity contribution in [2.24, 2.45) is 0 Å². The van der Waals surface area contributed by atoms with Crippen LogP contribution in [0.5, 0.6) is 5.75 Å². The summed E-state index contributed by atoms with van der Waals surface area (Å²) in [6.07, 6.45) is -8.24. The van der Waals surface area contributed by atoms with Crippen LogP contribution in [0.25, 0.3) is 0 Å². The quantitative estimate of drug-likeness (QED) is 0.641. The van der Waals surface area contributed by atoms with Crippen LogP contribution in [0.1, 0.15) is 12.0 Å². The topological polar surface area (TPSA) is 35.2 Å². The molecule has 0 spiro atoms. The molecule has 2 nitrogen and oxygen atoms in total. The van der Waals surface area contributed by atoms with Crippen LogP contribution in [-0.4, -0.2) is 6.36 Å². The van der Waals surface area contributed by atoms with Gasteiger partial charge in [0.25, 0.3) is 6.43 Å². The minimum atomic E-state index is -5.12. The SMILES string of the molecule is Nc1c(F)cc(C(F)F)cc1OC(F)(F)F. The van der Waals surface area contributed by atoms with Crippen LogP contribution in [-0.2, 0) is 0 Å². The first-order chi connectivity index (χ1) is 7.20. The van der Waals surface area contributed by atoms with E-state index in [-0.39, 0.29) is 0 Å². The second-order valence-electron chi connectivity index (χ2n) is 2.76. The molecular weight excluding hydrogens is 240 g/mol. The number of halogens is 6. The average molecular weight is 245 g/mol. The third kappa shape index (κ3) is 2.94. The fourth-order valence-electron chi connectivity index (χ4n) is 0.948. The lowest BCUT2D eigenvalue weighted by Crippen LogP contribution is -2.18. The zero-order chi connectivity index (χ0) is 12.5. The van der Waals surface area contributed by atoms with Crippen molar-refractivity contribution in [2.45, 2.75) is 12.8 Å². The predicted octanol–water partition coefficient (Wildman–Crippen LogP) is 3.24. The zero-order valence-corrected chi connectivity index (χ0v) is 7.49. The smallest absolute Gasteiger partial charge is 0.403 e. The first-order valence-corrected chi connectivity index (χ1v) is 3.83. The van der Waals surface area contributed by atoms with E-state index in [2.05, 4.69) is 4.74 Å². The fraction of sp³-hybridized carbons (Fsp3) is 0.250. The Balaban J connectivity index is 3.17. The highest BCUT2D eigenvalue weighted by Crippen LogP contribution is 2.34. The van der Waals surface area contributed by atoms with Crippen molar-refractivity contribution in [3.63, 3.8) is 0 Å². The van der Waals surface area contributed by atoms with E-state index in [0.717, 1.165) is 0 Å². The van der Waals surface area contributed by atoms with Gasteiger partial charge in [0, 0.05) is 5.56 Å². The molecular formula is C8H5F6NO. The Morgan fingerprint density at radius 3 is 2.19 bits per heavy atom. The Bertz CT molecular complexity index is 389. The largest absolute Gasteiger partial charge is 0.573 e. The molecule has 0 atom stereocenters. The lowest BCUT2D eigenvalue weighted by molar-refractivity contribution is -0.274. The molecule has 0 aromatic heterocycles. The summed E-state index contributed by atoms with van der Waals surface area (Å²) in [4.78, 5) is 0. The van der Waals surface area contributed by atoms with Crippen molar-refractivity contribution in [1.82, 2.24) is 0 Å². The molecule has 0 unspecified atom stereocenters. The molecule has 90 valence electrons. The first-order valence-electron chi connectivity index (χ1n) is 3.83. The van der Waals surface area contributed by atoms with Gasteiger partial charge in [-0.3, -0.25) is 0 Å². The molecule has 8 heteroatoms. The third-order valence-electron chi connectivity index (χ3n) is 1.59. The molecule has 0 radical (unpaired) electrons. The monoisotopic (exact) mass is 245 g/mol. The van der Waals surface area contributed by atoms with Crippen molar-refractivity contribution in [2.75, 3.05) is 5.73 Å². The van der Waals surface area contributed by atoms with E-state index in [1.165, 1.54) is 0 Å². The Kier molecular flexibility index (Phi) is 3.20. The van der Waals surface area contributed by atoms with Gasteiger partial charge in [-0.15, -0.1) is 13.2 Å². The molecule has 0 saturated carbocycles. The van der Waals surface area contributed by atoms with Crippen molar-refractivity contribution >= 4 is 5.69 Å². The molecule has 0 saturated heterocycles. The maximum absolute atomic E-state index is 12.9. The molecule has 2 N–H and O–H groups in total. The third-order valence-corrected chi connectivity index (χ3v) is 1.59. The van der Waals surface area contributed by atoms with E-state index in [1.54, 1.807) is 0 Å². The summed E-state index contributed by atoms with van der Waals surface area (Å²) in [5.74, 6) is -2.57. The summed E-state index contributed by atoms with van der Waals surface area (Å²) in [7, 11) is 0. The number of rotatable bonds is 2. The van der Waals surface area contributed by atoms with E-state index in [9.17, 15) is 26.3 Å². The molecule has 0 aliphatic rings. The highest BCUT2D eigenvalue weighted by Gasteiger charge is 2.33. The lowest BCUT2D eigenvalue weighted by atomic mass is 10.2. The van der Waals surface area contributed by atoms with Crippen LogP contribution in [0, 0.1) is 5.82 Å². The van der Waals surface area contributed by atoms with Gasteiger partial charge in [-0.1, -0.05) is 0 Å². The second kappa shape index (κ2) is 4.11. The van der Waals surface area contributed by atoms with Gasteiger partial charge in [-0.25, -0.2) is 13.2 Å². The van der Waals surface area contributed by atoms with Gasteiger partial charge in [0.2, 0.25) is 0 Å². The second-order valence-corrected chi connectivity index (χ2v) is 2.76. The lowest BCUT2D eigenvalue weighted by Gasteiger charge is -2.12. The number of benzene rings is 1. The standard InChI is InChI=1S/C8H5F6NO/c9-4-1-3(7(10)11)2-5(6(4)15)16-8(12,13)14/h1-2,7H,15H2. The van der Waals surface area contributed by atoms with E-state index in [1.807, 2.05) is 0 Å². The van der Waals surface area contributed by atoms with Gasteiger partial charge < -0.3 is 10.5 Å². The molecule has 0 heterocycles.